The van der Waals surface area contributed by atoms with Gasteiger partial charge in [-0.15, -0.1) is 0 Å². The number of carbonyl (C=O) groups is 3. The Bertz CT molecular complexity index is 5170. The van der Waals surface area contributed by atoms with Gasteiger partial charge in [-0.1, -0.05) is 20.6 Å². The Kier molecular flexibility index (Phi) is 5.93. The molecule has 9 rings (SSSR count). The van der Waals surface area contributed by atoms with E-state index in [-0.39, 0.29) is 60.2 Å². The monoisotopic (exact) mass is 1030 g/mol. The van der Waals surface area contributed by atoms with Gasteiger partial charge in [-0.3, -0.25) is 14.4 Å². The van der Waals surface area contributed by atoms with E-state index in [0.29, 0.717) is 6.92 Å². The zero-order valence-corrected chi connectivity index (χ0v) is 37.2. The largest absolute Gasteiger partial charge is 0.354 e. The summed E-state index contributed by atoms with van der Waals surface area (Å²) in [6.45, 7) is -27.3. The average molecular weight is 1030 g/mol. The summed E-state index contributed by atoms with van der Waals surface area (Å²) in [7, 11) is 0. The fourth-order valence-corrected chi connectivity index (χ4v) is 6.31. The predicted molar refractivity (Wildman–Crippen MR) is 278 cm³/mol. The number of aromatic nitrogens is 9. The number of aromatic amines is 3. The lowest BCUT2D eigenvalue weighted by Crippen LogP contribution is -2.53. The van der Waals surface area contributed by atoms with E-state index in [4.69, 9.17) is 84.1 Å². The SMILES string of the molecule is [2H]c1nc(N([C@@H]2[C@H](C([2H])([2H])[2H])C([2H])([2H])C([2H])([2H])N(C(=O)C([2H])([2H])[N+]#[C-])C2([2H])[2H])C([2H])([2H])[2H])c2c([2H])c(C)[nH]c2n1.[2H]c1nc(N([C@H]2C([2H])([2H])N(C(=O)C([2H])([2H])[N+]#[C-])C([2H])([2H])C([2H])([2H])[C@@]2([2H])C([2H])([2H])[2H])C([2H])([2H])[2H])c2c([2H])c(C)[nH]c2n1.[2H]c1nc(N([C@H]2C([2H])([2H])N(C(=O)C([2H])([2H])[N+]#[C-])C([2H])([2H])C([2H])([2H])[C@@]2([2H])C)C([2H])([2H])[2H])c2c([2H])c(C)[nH]c2n1. The van der Waals surface area contributed by atoms with Crippen molar-refractivity contribution in [3.63, 3.8) is 0 Å². The van der Waals surface area contributed by atoms with Gasteiger partial charge >= 0.3 is 17.7 Å². The first kappa shape index (κ1) is 18.6. The van der Waals surface area contributed by atoms with Crippen molar-refractivity contribution in [2.45, 2.75) is 78.6 Å². The first-order valence-corrected chi connectivity index (χ1v) is 19.9. The van der Waals surface area contributed by atoms with Crippen LogP contribution in [0, 0.1) is 58.2 Å². The topological polar surface area (TPSA) is 208 Å². The number of nitrogens with zero attached hydrogens (tertiary/aromatic N) is 15. The zero-order chi connectivity index (χ0) is 92.9. The molecule has 0 aliphatic carbocycles. The molecule has 0 spiro atoms. The average Bonchev–Trinajstić information content (AvgIpc) is 1.48. The second-order valence-corrected chi connectivity index (χ2v) is 14.4. The Morgan fingerprint density at radius 2 is 0.986 bits per heavy atom. The molecule has 3 aliphatic rings. The third-order valence-corrected chi connectivity index (χ3v) is 9.50. The fourth-order valence-electron chi connectivity index (χ4n) is 6.31. The van der Waals surface area contributed by atoms with E-state index in [1.54, 1.807) is 0 Å². The van der Waals surface area contributed by atoms with Crippen molar-refractivity contribution in [3.05, 3.63) is 88.4 Å². The van der Waals surface area contributed by atoms with Crippen LogP contribution in [0.25, 0.3) is 47.6 Å². The highest BCUT2D eigenvalue weighted by molar-refractivity contribution is 5.90. The molecular weight excluding hydrogens is 913 g/mol. The van der Waals surface area contributed by atoms with Gasteiger partial charge in [-0.2, -0.15) is 0 Å². The summed E-state index contributed by atoms with van der Waals surface area (Å²) >= 11 is 0. The van der Waals surface area contributed by atoms with Crippen LogP contribution in [0.5, 0.6) is 0 Å². The van der Waals surface area contributed by atoms with Crippen molar-refractivity contribution in [1.29, 1.82) is 0 Å². The maximum absolute atomic E-state index is 13.1. The summed E-state index contributed by atoms with van der Waals surface area (Å²) in [5, 5.41) is -1.26. The third-order valence-electron chi connectivity index (χ3n) is 9.50. The number of anilines is 3. The molecule has 6 aromatic rings. The number of piperidine rings is 3. The van der Waals surface area contributed by atoms with Gasteiger partial charge in [0, 0.05) is 117 Å². The predicted octanol–water partition coefficient (Wildman–Crippen LogP) is 5.58. The van der Waals surface area contributed by atoms with Gasteiger partial charge in [-0.25, -0.2) is 49.6 Å². The number of likely N-dealkylation sites (N-methyl/N-ethyl adjacent to an activating group) is 3. The molecule has 0 aromatic carbocycles. The highest BCUT2D eigenvalue weighted by atomic mass is 16.2. The molecule has 0 saturated carbocycles. The Labute approximate surface area is 486 Å². The summed E-state index contributed by atoms with van der Waals surface area (Å²) in [6.07, 6.45) is -14.2. The molecule has 3 N–H and O–H groups in total. The number of likely N-dealkylation sites (tertiary alicyclic amines) is 3. The van der Waals surface area contributed by atoms with Gasteiger partial charge in [0.05, 0.1) is 46.6 Å². The number of fused-ring (bicyclic) bond motifs is 3. The number of rotatable bonds is 9. The minimum Gasteiger partial charge on any atom is -0.354 e. The van der Waals surface area contributed by atoms with Crippen LogP contribution in [0.1, 0.15) is 121 Å². The summed E-state index contributed by atoms with van der Waals surface area (Å²) in [5.74, 6) is -19.5. The Balaban J connectivity index is 0.000000246. The fraction of sp³-hybridized carbons (Fsp3) is 0.529. The minimum absolute atomic E-state index is 0.0157. The maximum atomic E-state index is 13.1. The molecule has 6 atom stereocenters. The van der Waals surface area contributed by atoms with E-state index >= 15 is 0 Å². The van der Waals surface area contributed by atoms with Crippen LogP contribution in [0.3, 0.4) is 0 Å². The van der Waals surface area contributed by atoms with E-state index in [1.807, 2.05) is 0 Å². The minimum atomic E-state index is -4.20. The summed E-state index contributed by atoms with van der Waals surface area (Å²) < 4.78 is 388. The number of hydrogen-bond donors (Lipinski definition) is 3. The van der Waals surface area contributed by atoms with Crippen LogP contribution in [-0.2, 0) is 14.4 Å². The number of hydrogen-bond acceptors (Lipinski definition) is 12. The number of amides is 3. The lowest BCUT2D eigenvalue weighted by Gasteiger charge is -2.41. The van der Waals surface area contributed by atoms with E-state index in [2.05, 4.69) is 59.4 Å². The van der Waals surface area contributed by atoms with Crippen molar-refractivity contribution in [2.75, 3.05) is 94.1 Å². The Morgan fingerprint density at radius 3 is 1.36 bits per heavy atom. The van der Waals surface area contributed by atoms with Crippen molar-refractivity contribution < 1.29 is 78.8 Å². The van der Waals surface area contributed by atoms with Crippen LogP contribution < -0.4 is 14.7 Å². The van der Waals surface area contributed by atoms with Crippen molar-refractivity contribution in [3.8, 4) is 0 Å². The van der Waals surface area contributed by atoms with E-state index in [0.717, 1.165) is 0 Å². The molecule has 0 bridgehead atoms. The Morgan fingerprint density at radius 1 is 0.625 bits per heavy atom. The molecule has 3 fully saturated rings. The van der Waals surface area contributed by atoms with Gasteiger partial charge in [0.15, 0.2) is 0 Å². The van der Waals surface area contributed by atoms with Gasteiger partial charge in [0.2, 0.25) is 0 Å². The van der Waals surface area contributed by atoms with Gasteiger partial charge in [-0.05, 0) is 75.7 Å². The second kappa shape index (κ2) is 22.9. The van der Waals surface area contributed by atoms with Crippen LogP contribution in [0.2, 0.25) is 0 Å². The molecule has 21 nitrogen and oxygen atoms in total. The van der Waals surface area contributed by atoms with E-state index in [9.17, 15) is 14.4 Å². The summed E-state index contributed by atoms with van der Waals surface area (Å²) in [5.41, 5.74) is -0.525. The molecule has 0 radical (unpaired) electrons. The third kappa shape index (κ3) is 11.5. The lowest BCUT2D eigenvalue weighted by atomic mass is 9.92. The first-order chi connectivity index (χ1) is 52.8. The van der Waals surface area contributed by atoms with Crippen molar-refractivity contribution in [1.82, 2.24) is 59.6 Å². The zero-order valence-electron chi connectivity index (χ0n) is 84.2. The standard InChI is InChI=1S/3C17H22N6O/c3*1-11-5-6-23(15(24)8-18-3)9-14(11)22(4)17-13-7-12(2)21-16(13)19-10-20-17/h3*7,10-11,14H,5-6,8-9H2,1-2,4H3,(H,19,20,21)/t3*11-,14+/m111/s1/i1D3,4D3,5D2,6D2,7D,8D2,9D2,10D,11D;4D3,5D2,6D2,7D,8D2,9D2,10D,11D;1D3,4D3,5D2,6D2,7D,8D2,9D2,10D. The van der Waals surface area contributed by atoms with Gasteiger partial charge in [0.25, 0.3) is 19.5 Å². The number of H-pyrrole nitrogens is 3. The highest BCUT2D eigenvalue weighted by Gasteiger charge is 2.36. The summed E-state index contributed by atoms with van der Waals surface area (Å²) in [4.78, 5) is 74.8. The van der Waals surface area contributed by atoms with E-state index in [1.165, 1.54) is 20.8 Å². The molecule has 378 valence electrons. The number of nitrogens with one attached hydrogen (secondary N) is 3. The smallest absolute Gasteiger partial charge is 0.302 e. The molecule has 3 saturated heterocycles. The molecule has 21 heteroatoms. The molecule has 9 heterocycles. The normalized spacial score (nSPS) is 40.2. The van der Waals surface area contributed by atoms with Gasteiger partial charge < -0.3 is 58.9 Å². The number of carbonyl (C=O) groups excluding carboxylic acids is 3. The van der Waals surface area contributed by atoms with Crippen LogP contribution in [0.4, 0.5) is 17.5 Å². The first-order valence-electron chi connectivity index (χ1n) is 43.4. The molecule has 3 aliphatic heterocycles. The molecule has 3 amide bonds. The van der Waals surface area contributed by atoms with Crippen LogP contribution >= 0.6 is 0 Å². The molecular formula is C51H66N18O3. The Hall–Kier alpha value is -7.86. The van der Waals surface area contributed by atoms with Crippen molar-refractivity contribution in [2.24, 2.45) is 17.7 Å². The quantitative estimate of drug-likeness (QED) is 0.152. The highest BCUT2D eigenvalue weighted by Crippen LogP contribution is 2.32. The second-order valence-electron chi connectivity index (χ2n) is 14.4. The maximum Gasteiger partial charge on any atom is 0.302 e. The van der Waals surface area contributed by atoms with E-state index < -0.39 is 240 Å². The number of aryl methyl sites for hydroxylation is 3. The molecule has 6 aromatic heterocycles. The molecule has 0 unspecified atom stereocenters. The lowest BCUT2D eigenvalue weighted by molar-refractivity contribution is -0.131. The van der Waals surface area contributed by atoms with Gasteiger partial charge in [0.1, 0.15) is 65.6 Å². The van der Waals surface area contributed by atoms with Crippen LogP contribution in [-0.4, -0.2) is 175 Å². The van der Waals surface area contributed by atoms with Crippen molar-refractivity contribution >= 4 is 68.3 Å². The molecule has 72 heavy (non-hydrogen) atoms. The van der Waals surface area contributed by atoms with Crippen LogP contribution in [0.15, 0.2) is 37.0 Å². The summed E-state index contributed by atoms with van der Waals surface area (Å²) in [6, 6.07) is -10.1.